The maximum Gasteiger partial charge on any atom is 0.328 e. The second-order valence-corrected chi connectivity index (χ2v) is 8.33. The van der Waals surface area contributed by atoms with Gasteiger partial charge in [-0.15, -0.1) is 0 Å². The van der Waals surface area contributed by atoms with Crippen LogP contribution in [0.15, 0.2) is 53.4 Å². The Kier molecular flexibility index (Phi) is 8.17. The number of amides is 3. The molecule has 11 heteroatoms. The lowest BCUT2D eigenvalue weighted by Gasteiger charge is -2.22. The van der Waals surface area contributed by atoms with Gasteiger partial charge in [-0.05, 0) is 65.0 Å². The van der Waals surface area contributed by atoms with Gasteiger partial charge in [-0.2, -0.15) is 11.3 Å². The summed E-state index contributed by atoms with van der Waals surface area (Å²) in [5, 5.41) is 26.0. The highest BCUT2D eigenvalue weighted by molar-refractivity contribution is 7.07. The van der Waals surface area contributed by atoms with Crippen molar-refractivity contribution in [2.75, 3.05) is 6.54 Å². The lowest BCUT2D eigenvalue weighted by Crippen LogP contribution is -2.36. The van der Waals surface area contributed by atoms with E-state index in [4.69, 9.17) is 15.9 Å². The van der Waals surface area contributed by atoms with Crippen LogP contribution in [0.3, 0.4) is 0 Å². The van der Waals surface area contributed by atoms with Crippen LogP contribution in [0.5, 0.6) is 0 Å². The second-order valence-electron chi connectivity index (χ2n) is 7.55. The summed E-state index contributed by atoms with van der Waals surface area (Å²) >= 11 is 1.63. The molecule has 3 amide bonds. The number of carbonyl (C=O) groups is 4. The number of aromatic nitrogens is 1. The first-order valence-electron chi connectivity index (χ1n) is 10.3. The molecule has 2 atom stereocenters. The van der Waals surface area contributed by atoms with Crippen molar-refractivity contribution in [3.05, 3.63) is 70.1 Å². The molecule has 3 heterocycles. The van der Waals surface area contributed by atoms with Gasteiger partial charge in [-0.3, -0.25) is 10.1 Å². The van der Waals surface area contributed by atoms with Gasteiger partial charge in [-0.1, -0.05) is 6.07 Å². The number of carboxylic acids is 2. The molecule has 1 aliphatic rings. The number of rotatable bonds is 8. The molecule has 3 aromatic rings. The molecule has 7 N–H and O–H groups in total. The highest BCUT2D eigenvalue weighted by atomic mass is 32.1. The van der Waals surface area contributed by atoms with Crippen molar-refractivity contribution >= 4 is 46.1 Å². The Labute approximate surface area is 198 Å². The summed E-state index contributed by atoms with van der Waals surface area (Å²) in [5.41, 5.74) is 10.1. The van der Waals surface area contributed by atoms with E-state index in [-0.39, 0.29) is 11.8 Å². The molecule has 0 spiro atoms. The maximum absolute atomic E-state index is 12.3. The molecule has 1 aliphatic heterocycles. The molecule has 0 aliphatic carbocycles. The van der Waals surface area contributed by atoms with E-state index in [1.165, 1.54) is 5.56 Å². The van der Waals surface area contributed by atoms with Crippen molar-refractivity contribution in [3.63, 3.8) is 0 Å². The first-order valence-corrected chi connectivity index (χ1v) is 11.3. The summed E-state index contributed by atoms with van der Waals surface area (Å²) in [4.78, 5) is 46.3. The fourth-order valence-corrected chi connectivity index (χ4v) is 4.42. The monoisotopic (exact) mass is 484 g/mol. The van der Waals surface area contributed by atoms with E-state index in [9.17, 15) is 19.2 Å². The van der Waals surface area contributed by atoms with Gasteiger partial charge < -0.3 is 26.2 Å². The van der Waals surface area contributed by atoms with Crippen LogP contribution in [0.4, 0.5) is 4.79 Å². The number of fused-ring (bicyclic) bond motifs is 1. The molecule has 1 fully saturated rings. The Morgan fingerprint density at radius 2 is 1.88 bits per heavy atom. The summed E-state index contributed by atoms with van der Waals surface area (Å²) < 4.78 is 0. The average Bonchev–Trinajstić information content (AvgIpc) is 3.52. The summed E-state index contributed by atoms with van der Waals surface area (Å²) in [6.07, 6.45) is 4.58. The van der Waals surface area contributed by atoms with E-state index in [1.54, 1.807) is 11.3 Å². The molecule has 2 aromatic heterocycles. The number of aromatic amines is 1. The van der Waals surface area contributed by atoms with Crippen LogP contribution in [0.1, 0.15) is 22.6 Å². The van der Waals surface area contributed by atoms with E-state index >= 15 is 0 Å². The van der Waals surface area contributed by atoms with Gasteiger partial charge >= 0.3 is 18.0 Å². The number of hydrogen-bond acceptors (Lipinski definition) is 6. The molecule has 1 saturated heterocycles. The molecule has 1 aromatic carbocycles. The van der Waals surface area contributed by atoms with Gasteiger partial charge in [0.15, 0.2) is 0 Å². The molecule has 34 heavy (non-hydrogen) atoms. The SMILES string of the molecule is NCCc1c[nH]c2ccc(C(Cc3ccsc3)C3NC(=O)NC3=O)cc12.O=C(O)C=CC(=O)O. The minimum absolute atomic E-state index is 0.138. The molecule has 0 radical (unpaired) electrons. The van der Waals surface area contributed by atoms with Gasteiger partial charge in [0.05, 0.1) is 0 Å². The number of imide groups is 1. The number of nitrogens with one attached hydrogen (secondary N) is 3. The molecule has 10 nitrogen and oxygen atoms in total. The third-order valence-corrected chi connectivity index (χ3v) is 5.98. The summed E-state index contributed by atoms with van der Waals surface area (Å²) in [6, 6.07) is 7.23. The van der Waals surface area contributed by atoms with Gasteiger partial charge in [0.25, 0.3) is 5.91 Å². The largest absolute Gasteiger partial charge is 0.478 e. The van der Waals surface area contributed by atoms with Crippen LogP contribution < -0.4 is 16.4 Å². The zero-order valence-electron chi connectivity index (χ0n) is 18.0. The minimum atomic E-state index is -1.26. The van der Waals surface area contributed by atoms with Crippen LogP contribution in [0.2, 0.25) is 0 Å². The van der Waals surface area contributed by atoms with E-state index in [0.29, 0.717) is 25.1 Å². The van der Waals surface area contributed by atoms with Crippen LogP contribution in [-0.4, -0.2) is 51.7 Å². The normalized spacial score (nSPS) is 16.1. The summed E-state index contributed by atoms with van der Waals surface area (Å²) in [5.74, 6) is -2.92. The third-order valence-electron chi connectivity index (χ3n) is 5.25. The summed E-state index contributed by atoms with van der Waals surface area (Å²) in [7, 11) is 0. The van der Waals surface area contributed by atoms with Crippen molar-refractivity contribution in [1.29, 1.82) is 0 Å². The topological polar surface area (TPSA) is 175 Å². The number of aliphatic carboxylic acids is 2. The number of thiophene rings is 1. The van der Waals surface area contributed by atoms with Gasteiger partial charge in [0, 0.05) is 35.2 Å². The smallest absolute Gasteiger partial charge is 0.328 e. The van der Waals surface area contributed by atoms with Crippen molar-refractivity contribution in [3.8, 4) is 0 Å². The minimum Gasteiger partial charge on any atom is -0.478 e. The average molecular weight is 485 g/mol. The standard InChI is InChI=1S/C19H20N4O2S.C4H4O4/c20-5-3-13-9-21-16-2-1-12(8-14(13)16)15(7-11-4-6-26-10-11)17-18(24)23-19(25)22-17;5-3(6)1-2-4(7)8/h1-2,4,6,8-10,15,17,21H,3,5,7,20H2,(H2,22,23,24,25);1-2H,(H,5,6)(H,7,8). The lowest BCUT2D eigenvalue weighted by atomic mass is 9.85. The third kappa shape index (κ3) is 6.30. The summed E-state index contributed by atoms with van der Waals surface area (Å²) in [6.45, 7) is 0.580. The number of hydrogen-bond donors (Lipinski definition) is 6. The molecule has 0 saturated carbocycles. The van der Waals surface area contributed by atoms with E-state index < -0.39 is 24.0 Å². The molecule has 178 valence electrons. The van der Waals surface area contributed by atoms with Gasteiger partial charge in [0.1, 0.15) is 6.04 Å². The van der Waals surface area contributed by atoms with Gasteiger partial charge in [0.2, 0.25) is 0 Å². The van der Waals surface area contributed by atoms with E-state index in [0.717, 1.165) is 28.5 Å². The Hall–Kier alpha value is -3.96. The molecule has 0 bridgehead atoms. The number of H-pyrrole nitrogens is 1. The van der Waals surface area contributed by atoms with Crippen molar-refractivity contribution in [2.45, 2.75) is 24.8 Å². The molecular weight excluding hydrogens is 460 g/mol. The Morgan fingerprint density at radius 1 is 1.15 bits per heavy atom. The number of benzene rings is 1. The van der Waals surface area contributed by atoms with E-state index in [1.807, 2.05) is 23.7 Å². The van der Waals surface area contributed by atoms with Crippen molar-refractivity contribution < 1.29 is 29.4 Å². The Morgan fingerprint density at radius 3 is 2.44 bits per heavy atom. The highest BCUT2D eigenvalue weighted by Crippen LogP contribution is 2.30. The number of carboxylic acid groups (broad SMARTS) is 2. The Bertz CT molecular complexity index is 1200. The molecule has 2 unspecified atom stereocenters. The van der Waals surface area contributed by atoms with Crippen molar-refractivity contribution in [1.82, 2.24) is 15.6 Å². The highest BCUT2D eigenvalue weighted by Gasteiger charge is 2.37. The van der Waals surface area contributed by atoms with Crippen LogP contribution >= 0.6 is 11.3 Å². The molecular formula is C23H24N4O6S. The second kappa shape index (κ2) is 11.3. The van der Waals surface area contributed by atoms with Crippen molar-refractivity contribution in [2.24, 2.45) is 5.73 Å². The first kappa shape index (κ1) is 24.7. The van der Waals surface area contributed by atoms with Crippen LogP contribution in [-0.2, 0) is 27.2 Å². The fourth-order valence-electron chi connectivity index (χ4n) is 3.74. The first-order chi connectivity index (χ1) is 16.3. The van der Waals surface area contributed by atoms with Gasteiger partial charge in [-0.25, -0.2) is 14.4 Å². The van der Waals surface area contributed by atoms with E-state index in [2.05, 4.69) is 33.1 Å². The lowest BCUT2D eigenvalue weighted by molar-refractivity contribution is -0.134. The maximum atomic E-state index is 12.3. The van der Waals surface area contributed by atoms with Crippen LogP contribution in [0, 0.1) is 0 Å². The fraction of sp³-hybridized carbons (Fsp3) is 0.217. The van der Waals surface area contributed by atoms with Crippen LogP contribution in [0.25, 0.3) is 10.9 Å². The zero-order valence-corrected chi connectivity index (χ0v) is 18.8. The zero-order chi connectivity index (χ0) is 24.7. The number of urea groups is 1. The predicted octanol–water partition coefficient (Wildman–Crippen LogP) is 1.98. The predicted molar refractivity (Wildman–Crippen MR) is 127 cm³/mol. The number of carbonyl (C=O) groups excluding carboxylic acids is 2. The Balaban J connectivity index is 0.000000350. The number of nitrogens with two attached hydrogens (primary N) is 1. The molecule has 4 rings (SSSR count). The quantitative estimate of drug-likeness (QED) is 0.209.